The van der Waals surface area contributed by atoms with Gasteiger partial charge in [0.25, 0.3) is 0 Å². The molecule has 0 aromatic carbocycles. The van der Waals surface area contributed by atoms with Crippen LogP contribution in [0, 0.1) is 5.92 Å². The molecule has 0 aromatic rings. The second-order valence-corrected chi connectivity index (χ2v) is 3.14. The van der Waals surface area contributed by atoms with E-state index in [2.05, 4.69) is 30.9 Å². The summed E-state index contributed by atoms with van der Waals surface area (Å²) in [7, 11) is 0. The predicted octanol–water partition coefficient (Wildman–Crippen LogP) is 2.10. The Morgan fingerprint density at radius 2 is 2.11 bits per heavy atom. The second-order valence-electron chi connectivity index (χ2n) is 2.16. The van der Waals surface area contributed by atoms with E-state index in [1.54, 1.807) is 0 Å². The standard InChI is InChI=1S/C8H12.W/c1-5-8(6-2)7(3)4;/h1,5-7H,2H2,3-4H3;/b8-5+;. The molecule has 50 valence electrons. The molecular weight excluding hydrogens is 280 g/mol. The Morgan fingerprint density at radius 1 is 1.56 bits per heavy atom. The summed E-state index contributed by atoms with van der Waals surface area (Å²) in [6, 6.07) is 0. The van der Waals surface area contributed by atoms with Crippen LogP contribution in [0.2, 0.25) is 0 Å². The third-order valence-electron chi connectivity index (χ3n) is 1.16. The van der Waals surface area contributed by atoms with Crippen molar-refractivity contribution in [2.75, 3.05) is 0 Å². The van der Waals surface area contributed by atoms with E-state index >= 15 is 0 Å². The number of hydrogen-bond donors (Lipinski definition) is 0. The molecule has 0 heterocycles. The molecule has 0 N–H and O–H groups in total. The van der Waals surface area contributed by atoms with E-state index in [0.29, 0.717) is 5.92 Å². The first-order valence-electron chi connectivity index (χ1n) is 3.00. The molecule has 0 saturated carbocycles. The fourth-order valence-electron chi connectivity index (χ4n) is 0.575. The Kier molecular flexibility index (Phi) is 4.90. The van der Waals surface area contributed by atoms with Gasteiger partial charge in [0.1, 0.15) is 0 Å². The molecule has 9 heavy (non-hydrogen) atoms. The summed E-state index contributed by atoms with van der Waals surface area (Å²) >= 11 is 1.49. The van der Waals surface area contributed by atoms with E-state index in [1.807, 2.05) is 6.08 Å². The van der Waals surface area contributed by atoms with Crippen LogP contribution in [-0.2, 0) is 19.4 Å². The van der Waals surface area contributed by atoms with Gasteiger partial charge in [-0.1, -0.05) is 0 Å². The zero-order chi connectivity index (χ0) is 7.28. The van der Waals surface area contributed by atoms with Gasteiger partial charge in [0.15, 0.2) is 0 Å². The average molecular weight is 292 g/mol. The third kappa shape index (κ3) is 3.59. The normalized spacial score (nSPS) is 11.7. The quantitative estimate of drug-likeness (QED) is 0.699. The van der Waals surface area contributed by atoms with Crippen molar-refractivity contribution in [3.8, 4) is 0 Å². The van der Waals surface area contributed by atoms with Crippen molar-refractivity contribution in [1.29, 1.82) is 0 Å². The summed E-state index contributed by atoms with van der Waals surface area (Å²) in [4.78, 5) is 0. The fraction of sp³-hybridized carbons (Fsp3) is 0.375. The van der Waals surface area contributed by atoms with Crippen LogP contribution in [0.25, 0.3) is 0 Å². The van der Waals surface area contributed by atoms with Crippen LogP contribution in [-0.4, -0.2) is 4.40 Å². The van der Waals surface area contributed by atoms with E-state index in [9.17, 15) is 0 Å². The van der Waals surface area contributed by atoms with Crippen molar-refractivity contribution in [2.24, 2.45) is 5.92 Å². The van der Waals surface area contributed by atoms with E-state index in [1.165, 1.54) is 24.9 Å². The Morgan fingerprint density at radius 3 is 2.22 bits per heavy atom. The first-order valence-corrected chi connectivity index (χ1v) is 4.69. The zero-order valence-corrected chi connectivity index (χ0v) is 8.86. The van der Waals surface area contributed by atoms with Crippen molar-refractivity contribution in [1.82, 2.24) is 0 Å². The van der Waals surface area contributed by atoms with Crippen molar-refractivity contribution >= 4 is 4.40 Å². The minimum atomic E-state index is 0.609. The van der Waals surface area contributed by atoms with Gasteiger partial charge in [-0.25, -0.2) is 0 Å². The minimum absolute atomic E-state index is 0.609. The van der Waals surface area contributed by atoms with Crippen LogP contribution >= 0.6 is 0 Å². The van der Waals surface area contributed by atoms with Crippen LogP contribution in [0.1, 0.15) is 13.8 Å². The zero-order valence-electron chi connectivity index (χ0n) is 5.92. The SMILES string of the molecule is C=C/C(=C\[CH]=[W])C(C)C. The monoisotopic (exact) mass is 292 g/mol. The van der Waals surface area contributed by atoms with E-state index in [0.717, 1.165) is 0 Å². The molecule has 0 bridgehead atoms. The molecule has 0 spiro atoms. The molecule has 0 nitrogen and oxygen atoms in total. The summed E-state index contributed by atoms with van der Waals surface area (Å²) in [5.74, 6) is 0.609. The van der Waals surface area contributed by atoms with Crippen LogP contribution in [0.4, 0.5) is 0 Å². The van der Waals surface area contributed by atoms with Crippen LogP contribution in [0.5, 0.6) is 0 Å². The van der Waals surface area contributed by atoms with Gasteiger partial charge in [-0.05, 0) is 0 Å². The number of allylic oxidation sites excluding steroid dienone is 3. The molecule has 0 saturated heterocycles. The van der Waals surface area contributed by atoms with Gasteiger partial charge in [0.2, 0.25) is 0 Å². The summed E-state index contributed by atoms with van der Waals surface area (Å²) in [5.41, 5.74) is 1.32. The van der Waals surface area contributed by atoms with Gasteiger partial charge in [-0.2, -0.15) is 0 Å². The summed E-state index contributed by atoms with van der Waals surface area (Å²) in [5, 5.41) is 0. The second kappa shape index (κ2) is 4.87. The molecule has 0 aromatic heterocycles. The molecule has 0 atom stereocenters. The summed E-state index contributed by atoms with van der Waals surface area (Å²) < 4.78 is 2.12. The Labute approximate surface area is 68.1 Å². The molecule has 0 radical (unpaired) electrons. The van der Waals surface area contributed by atoms with Gasteiger partial charge in [-0.3, -0.25) is 0 Å². The average Bonchev–Trinajstić information content (AvgIpc) is 1.82. The van der Waals surface area contributed by atoms with Crippen molar-refractivity contribution < 1.29 is 19.4 Å². The van der Waals surface area contributed by atoms with Gasteiger partial charge >= 0.3 is 67.8 Å². The molecule has 0 fully saturated rings. The predicted molar refractivity (Wildman–Crippen MR) is 39.2 cm³/mol. The van der Waals surface area contributed by atoms with Gasteiger partial charge in [-0.15, -0.1) is 0 Å². The summed E-state index contributed by atoms with van der Waals surface area (Å²) in [6.45, 7) is 8.07. The molecular formula is C8H12W. The van der Waals surface area contributed by atoms with Crippen molar-refractivity contribution in [3.05, 3.63) is 24.3 Å². The Bertz CT molecular complexity index is 132. The molecule has 0 amide bonds. The maximum atomic E-state index is 3.72. The first kappa shape index (κ1) is 9.04. The van der Waals surface area contributed by atoms with E-state index in [4.69, 9.17) is 0 Å². The molecule has 0 aliphatic heterocycles. The Hall–Kier alpha value is 0.0383. The maximum absolute atomic E-state index is 3.72. The van der Waals surface area contributed by atoms with Crippen LogP contribution in [0.3, 0.4) is 0 Å². The van der Waals surface area contributed by atoms with Gasteiger partial charge in [0.05, 0.1) is 0 Å². The van der Waals surface area contributed by atoms with Crippen molar-refractivity contribution in [3.63, 3.8) is 0 Å². The molecule has 0 unspecified atom stereocenters. The van der Waals surface area contributed by atoms with Gasteiger partial charge < -0.3 is 0 Å². The first-order chi connectivity index (χ1) is 4.22. The van der Waals surface area contributed by atoms with E-state index in [-0.39, 0.29) is 0 Å². The number of hydrogen-bond acceptors (Lipinski definition) is 0. The topological polar surface area (TPSA) is 0 Å². The number of rotatable bonds is 3. The molecule has 0 rings (SSSR count). The molecule has 0 aliphatic rings. The summed E-state index contributed by atoms with van der Waals surface area (Å²) in [6.07, 6.45) is 4.05. The molecule has 0 aliphatic carbocycles. The third-order valence-corrected chi connectivity index (χ3v) is 1.65. The van der Waals surface area contributed by atoms with Crippen LogP contribution < -0.4 is 0 Å². The van der Waals surface area contributed by atoms with E-state index < -0.39 is 0 Å². The Balaban J connectivity index is 4.13. The van der Waals surface area contributed by atoms with Gasteiger partial charge in [0, 0.05) is 0 Å². The molecule has 1 heteroatoms. The van der Waals surface area contributed by atoms with Crippen LogP contribution in [0.15, 0.2) is 24.3 Å². The van der Waals surface area contributed by atoms with Crippen molar-refractivity contribution in [2.45, 2.75) is 13.8 Å². The fourth-order valence-corrected chi connectivity index (χ4v) is 1.14.